The molecule has 0 aliphatic heterocycles. The van der Waals surface area contributed by atoms with Gasteiger partial charge in [-0.05, 0) is 48.9 Å². The van der Waals surface area contributed by atoms with E-state index in [9.17, 15) is 4.39 Å². The minimum absolute atomic E-state index is 0.0874. The van der Waals surface area contributed by atoms with E-state index in [0.717, 1.165) is 28.3 Å². The van der Waals surface area contributed by atoms with Gasteiger partial charge in [0.15, 0.2) is 0 Å². The van der Waals surface area contributed by atoms with Gasteiger partial charge in [0.25, 0.3) is 0 Å². The molecule has 0 aliphatic rings. The van der Waals surface area contributed by atoms with Crippen molar-refractivity contribution >= 4 is 28.9 Å². The molecule has 2 aromatic carbocycles. The Labute approximate surface area is 143 Å². The van der Waals surface area contributed by atoms with E-state index in [1.807, 2.05) is 37.3 Å². The first kappa shape index (κ1) is 15.9. The lowest BCUT2D eigenvalue weighted by molar-refractivity contribution is 0.531. The SMILES string of the molecule is Cc1ccc(-c2ccc(CNc3ccc(F)c(Cl)c3)o2)cc1Cl. The number of hydrogen-bond acceptors (Lipinski definition) is 2. The Morgan fingerprint density at radius 3 is 2.57 bits per heavy atom. The van der Waals surface area contributed by atoms with Gasteiger partial charge in [0.05, 0.1) is 11.6 Å². The standard InChI is InChI=1S/C18H14Cl2FNO/c1-11-2-3-12(8-15(11)19)18-7-5-14(23-18)10-22-13-4-6-17(21)16(20)9-13/h2-9,22H,10H2,1H3. The molecule has 0 saturated heterocycles. The summed E-state index contributed by atoms with van der Waals surface area (Å²) in [5.41, 5.74) is 2.68. The molecule has 1 N–H and O–H groups in total. The molecule has 0 unspecified atom stereocenters. The van der Waals surface area contributed by atoms with E-state index in [4.69, 9.17) is 27.6 Å². The van der Waals surface area contributed by atoms with Crippen LogP contribution in [0, 0.1) is 12.7 Å². The van der Waals surface area contributed by atoms with Crippen molar-refractivity contribution in [3.05, 3.63) is 75.7 Å². The zero-order valence-corrected chi connectivity index (χ0v) is 13.9. The largest absolute Gasteiger partial charge is 0.459 e. The molecule has 1 aromatic heterocycles. The molecule has 0 bridgehead atoms. The van der Waals surface area contributed by atoms with Crippen LogP contribution in [0.2, 0.25) is 10.0 Å². The van der Waals surface area contributed by atoms with Gasteiger partial charge in [-0.25, -0.2) is 4.39 Å². The van der Waals surface area contributed by atoms with Crippen molar-refractivity contribution in [3.63, 3.8) is 0 Å². The molecule has 0 atom stereocenters. The number of nitrogens with one attached hydrogen (secondary N) is 1. The van der Waals surface area contributed by atoms with Crippen molar-refractivity contribution in [3.8, 4) is 11.3 Å². The highest BCUT2D eigenvalue weighted by Gasteiger charge is 2.07. The lowest BCUT2D eigenvalue weighted by Gasteiger charge is -2.05. The monoisotopic (exact) mass is 349 g/mol. The second-order valence-corrected chi connectivity index (χ2v) is 6.03. The smallest absolute Gasteiger partial charge is 0.141 e. The van der Waals surface area contributed by atoms with Crippen molar-refractivity contribution < 1.29 is 8.81 Å². The average Bonchev–Trinajstić information content (AvgIpc) is 3.00. The fourth-order valence-corrected chi connectivity index (χ4v) is 2.53. The Morgan fingerprint density at radius 1 is 1.00 bits per heavy atom. The maximum atomic E-state index is 13.1. The summed E-state index contributed by atoms with van der Waals surface area (Å²) in [7, 11) is 0. The second kappa shape index (κ2) is 6.65. The highest BCUT2D eigenvalue weighted by atomic mass is 35.5. The number of aryl methyl sites for hydroxylation is 1. The Hall–Kier alpha value is -1.97. The fourth-order valence-electron chi connectivity index (χ4n) is 2.17. The zero-order valence-electron chi connectivity index (χ0n) is 12.4. The molecule has 0 aliphatic carbocycles. The maximum Gasteiger partial charge on any atom is 0.141 e. The summed E-state index contributed by atoms with van der Waals surface area (Å²) in [6, 6.07) is 14.1. The Balaban J connectivity index is 1.71. The van der Waals surface area contributed by atoms with Crippen LogP contribution in [-0.4, -0.2) is 0 Å². The van der Waals surface area contributed by atoms with Gasteiger partial charge in [-0.15, -0.1) is 0 Å². The van der Waals surface area contributed by atoms with E-state index in [1.54, 1.807) is 12.1 Å². The van der Waals surface area contributed by atoms with Gasteiger partial charge in [-0.3, -0.25) is 0 Å². The predicted molar refractivity (Wildman–Crippen MR) is 92.6 cm³/mol. The van der Waals surface area contributed by atoms with Crippen LogP contribution in [0.5, 0.6) is 0 Å². The van der Waals surface area contributed by atoms with Gasteiger partial charge in [-0.1, -0.05) is 35.3 Å². The summed E-state index contributed by atoms with van der Waals surface area (Å²) in [5.74, 6) is 1.08. The van der Waals surface area contributed by atoms with Crippen LogP contribution < -0.4 is 5.32 Å². The summed E-state index contributed by atoms with van der Waals surface area (Å²) in [6.45, 7) is 2.43. The van der Waals surface area contributed by atoms with E-state index in [-0.39, 0.29) is 5.02 Å². The first-order valence-electron chi connectivity index (χ1n) is 7.07. The van der Waals surface area contributed by atoms with Crippen LogP contribution in [-0.2, 0) is 6.54 Å². The van der Waals surface area contributed by atoms with Crippen molar-refractivity contribution in [1.29, 1.82) is 0 Å². The summed E-state index contributed by atoms with van der Waals surface area (Å²) >= 11 is 11.9. The molecule has 3 rings (SSSR count). The molecule has 0 saturated carbocycles. The molecule has 118 valence electrons. The lowest BCUT2D eigenvalue weighted by atomic mass is 10.1. The van der Waals surface area contributed by atoms with Crippen molar-refractivity contribution in [2.24, 2.45) is 0 Å². The van der Waals surface area contributed by atoms with Crippen molar-refractivity contribution in [2.75, 3.05) is 5.32 Å². The van der Waals surface area contributed by atoms with Gasteiger partial charge < -0.3 is 9.73 Å². The Bertz CT molecular complexity index is 845. The topological polar surface area (TPSA) is 25.2 Å². The number of benzene rings is 2. The molecule has 0 fully saturated rings. The normalized spacial score (nSPS) is 10.8. The third kappa shape index (κ3) is 3.69. The summed E-state index contributed by atoms with van der Waals surface area (Å²) in [5, 5.41) is 3.94. The minimum Gasteiger partial charge on any atom is -0.459 e. The molecule has 0 radical (unpaired) electrons. The lowest BCUT2D eigenvalue weighted by Crippen LogP contribution is -1.98. The van der Waals surface area contributed by atoms with Crippen molar-refractivity contribution in [2.45, 2.75) is 13.5 Å². The fraction of sp³-hybridized carbons (Fsp3) is 0.111. The molecule has 0 amide bonds. The molecule has 5 heteroatoms. The molecule has 1 heterocycles. The van der Waals surface area contributed by atoms with E-state index in [2.05, 4.69) is 5.32 Å². The first-order chi connectivity index (χ1) is 11.0. The van der Waals surface area contributed by atoms with Crippen molar-refractivity contribution in [1.82, 2.24) is 0 Å². The third-order valence-corrected chi connectivity index (χ3v) is 4.20. The summed E-state index contributed by atoms with van der Waals surface area (Å²) in [4.78, 5) is 0. The van der Waals surface area contributed by atoms with Crippen LogP contribution >= 0.6 is 23.2 Å². The van der Waals surface area contributed by atoms with Gasteiger partial charge in [-0.2, -0.15) is 0 Å². The van der Waals surface area contributed by atoms with Crippen LogP contribution in [0.4, 0.5) is 10.1 Å². The molecular weight excluding hydrogens is 336 g/mol. The second-order valence-electron chi connectivity index (χ2n) is 5.21. The highest BCUT2D eigenvalue weighted by molar-refractivity contribution is 6.31. The number of furan rings is 1. The van der Waals surface area contributed by atoms with Gasteiger partial charge in [0.2, 0.25) is 0 Å². The van der Waals surface area contributed by atoms with Gasteiger partial charge in [0.1, 0.15) is 17.3 Å². The molecular formula is C18H14Cl2FNO. The highest BCUT2D eigenvalue weighted by Crippen LogP contribution is 2.27. The number of halogens is 3. The summed E-state index contributed by atoms with van der Waals surface area (Å²) in [6.07, 6.45) is 0. The molecule has 0 spiro atoms. The van der Waals surface area contributed by atoms with E-state index >= 15 is 0 Å². The summed E-state index contributed by atoms with van der Waals surface area (Å²) < 4.78 is 18.9. The Morgan fingerprint density at radius 2 is 1.83 bits per heavy atom. The van der Waals surface area contributed by atoms with E-state index in [1.165, 1.54) is 6.07 Å². The zero-order chi connectivity index (χ0) is 16.4. The van der Waals surface area contributed by atoms with Gasteiger partial charge in [0, 0.05) is 16.3 Å². The molecule has 3 aromatic rings. The average molecular weight is 350 g/mol. The molecule has 23 heavy (non-hydrogen) atoms. The van der Waals surface area contributed by atoms with Crippen LogP contribution in [0.15, 0.2) is 52.9 Å². The quantitative estimate of drug-likeness (QED) is 0.596. The maximum absolute atomic E-state index is 13.1. The van der Waals surface area contributed by atoms with Crippen LogP contribution in [0.25, 0.3) is 11.3 Å². The number of anilines is 1. The third-order valence-electron chi connectivity index (χ3n) is 3.50. The first-order valence-corrected chi connectivity index (χ1v) is 7.82. The number of rotatable bonds is 4. The van der Waals surface area contributed by atoms with E-state index < -0.39 is 5.82 Å². The molecule has 2 nitrogen and oxygen atoms in total. The predicted octanol–water partition coefficient (Wildman–Crippen LogP) is 6.31. The Kier molecular flexibility index (Phi) is 4.60. The van der Waals surface area contributed by atoms with Crippen LogP contribution in [0.1, 0.15) is 11.3 Å². The number of hydrogen-bond donors (Lipinski definition) is 1. The minimum atomic E-state index is -0.436. The van der Waals surface area contributed by atoms with Gasteiger partial charge >= 0.3 is 0 Å². The van der Waals surface area contributed by atoms with E-state index in [0.29, 0.717) is 11.6 Å². The van der Waals surface area contributed by atoms with Crippen LogP contribution in [0.3, 0.4) is 0 Å².